The van der Waals surface area contributed by atoms with E-state index in [4.69, 9.17) is 0 Å². The lowest BCUT2D eigenvalue weighted by atomic mass is 10.2. The Balaban J connectivity index is 2.78. The van der Waals surface area contributed by atoms with Gasteiger partial charge in [0.1, 0.15) is 0 Å². The zero-order valence-electron chi connectivity index (χ0n) is 7.30. The van der Waals surface area contributed by atoms with Crippen molar-refractivity contribution in [2.45, 2.75) is 0 Å². The van der Waals surface area contributed by atoms with Gasteiger partial charge < -0.3 is 9.63 Å². The molecule has 0 aliphatic rings. The van der Waals surface area contributed by atoms with Crippen molar-refractivity contribution in [2.24, 2.45) is 0 Å². The molecule has 0 spiro atoms. The molecule has 1 aromatic carbocycles. The zero-order chi connectivity index (χ0) is 10.6. The third kappa shape index (κ3) is 2.80. The molecule has 1 atom stereocenters. The molecular formula is C8H7O5P. The SMILES string of the molecule is COC(=O)c1ccc(O[P+](=O)[O-])cc1. The zero-order valence-corrected chi connectivity index (χ0v) is 8.19. The lowest BCUT2D eigenvalue weighted by molar-refractivity contribution is -0.178. The smallest absolute Gasteiger partial charge is 0.539 e. The van der Waals surface area contributed by atoms with E-state index in [9.17, 15) is 14.3 Å². The van der Waals surface area contributed by atoms with Gasteiger partial charge in [-0.2, -0.15) is 0 Å². The molecule has 0 saturated heterocycles. The van der Waals surface area contributed by atoms with Gasteiger partial charge in [0.05, 0.1) is 12.7 Å². The van der Waals surface area contributed by atoms with Gasteiger partial charge in [-0.3, -0.25) is 4.52 Å². The van der Waals surface area contributed by atoms with Gasteiger partial charge in [-0.1, -0.05) is 0 Å². The maximum absolute atomic E-state index is 11.0. The molecule has 0 heterocycles. The molecule has 74 valence electrons. The Morgan fingerprint density at radius 1 is 1.36 bits per heavy atom. The minimum atomic E-state index is -2.92. The van der Waals surface area contributed by atoms with Crippen molar-refractivity contribution >= 4 is 14.2 Å². The predicted octanol–water partition coefficient (Wildman–Crippen LogP) is 0.870. The van der Waals surface area contributed by atoms with E-state index in [1.807, 2.05) is 0 Å². The van der Waals surface area contributed by atoms with Crippen LogP contribution in [0, 0.1) is 0 Å². The van der Waals surface area contributed by atoms with Gasteiger partial charge in [0.2, 0.25) is 0 Å². The monoisotopic (exact) mass is 214 g/mol. The Hall–Kier alpha value is -1.45. The van der Waals surface area contributed by atoms with Gasteiger partial charge in [-0.15, -0.1) is 0 Å². The summed E-state index contributed by atoms with van der Waals surface area (Å²) in [5.41, 5.74) is 0.334. The highest BCUT2D eigenvalue weighted by atomic mass is 31.1. The second kappa shape index (κ2) is 4.69. The average molecular weight is 214 g/mol. The number of carbonyl (C=O) groups is 1. The van der Waals surface area contributed by atoms with Gasteiger partial charge in [0, 0.05) is 0 Å². The molecule has 0 N–H and O–H groups in total. The first kappa shape index (κ1) is 10.6. The Morgan fingerprint density at radius 2 is 1.93 bits per heavy atom. The van der Waals surface area contributed by atoms with E-state index in [1.165, 1.54) is 31.4 Å². The van der Waals surface area contributed by atoms with Crippen LogP contribution in [0.3, 0.4) is 0 Å². The fraction of sp³-hybridized carbons (Fsp3) is 0.125. The molecule has 1 rings (SSSR count). The molecule has 0 amide bonds. The van der Waals surface area contributed by atoms with Crippen molar-refractivity contribution in [3.63, 3.8) is 0 Å². The van der Waals surface area contributed by atoms with Crippen LogP contribution in [0.1, 0.15) is 10.4 Å². The van der Waals surface area contributed by atoms with E-state index in [1.54, 1.807) is 0 Å². The number of rotatable bonds is 3. The number of carbonyl (C=O) groups excluding carboxylic acids is 1. The molecule has 0 saturated carbocycles. The first-order valence-corrected chi connectivity index (χ1v) is 4.74. The molecular weight excluding hydrogens is 207 g/mol. The van der Waals surface area contributed by atoms with E-state index in [2.05, 4.69) is 9.26 Å². The molecule has 1 aromatic rings. The third-order valence-corrected chi connectivity index (χ3v) is 1.82. The quantitative estimate of drug-likeness (QED) is 0.551. The Kier molecular flexibility index (Phi) is 3.56. The van der Waals surface area contributed by atoms with Crippen molar-refractivity contribution in [2.75, 3.05) is 7.11 Å². The predicted molar refractivity (Wildman–Crippen MR) is 46.0 cm³/mol. The standard InChI is InChI=1S/C8H7O5P/c1-12-8(9)6-2-4-7(5-3-6)13-14(10)11/h2-5H,1H3. The highest BCUT2D eigenvalue weighted by molar-refractivity contribution is 7.31. The van der Waals surface area contributed by atoms with E-state index >= 15 is 0 Å². The number of hydrogen-bond donors (Lipinski definition) is 0. The number of methoxy groups -OCH3 is 1. The molecule has 14 heavy (non-hydrogen) atoms. The summed E-state index contributed by atoms with van der Waals surface area (Å²) in [6.45, 7) is 0. The van der Waals surface area contributed by atoms with Crippen molar-refractivity contribution < 1.29 is 23.5 Å². The van der Waals surface area contributed by atoms with Crippen LogP contribution in [0.4, 0.5) is 0 Å². The minimum Gasteiger partial charge on any atom is -0.558 e. The molecule has 0 aliphatic heterocycles. The topological polar surface area (TPSA) is 75.7 Å². The Bertz CT molecular complexity index is 345. The molecule has 0 aliphatic carbocycles. The van der Waals surface area contributed by atoms with Crippen LogP contribution in [-0.2, 0) is 9.30 Å². The molecule has 0 aromatic heterocycles. The summed E-state index contributed by atoms with van der Waals surface area (Å²) in [6.07, 6.45) is 0. The summed E-state index contributed by atoms with van der Waals surface area (Å²) in [4.78, 5) is 21.1. The second-order valence-electron chi connectivity index (χ2n) is 2.33. The number of benzene rings is 1. The van der Waals surface area contributed by atoms with Crippen molar-refractivity contribution in [1.82, 2.24) is 0 Å². The third-order valence-electron chi connectivity index (χ3n) is 1.46. The minimum absolute atomic E-state index is 0.161. The lowest BCUT2D eigenvalue weighted by Crippen LogP contribution is -2.00. The van der Waals surface area contributed by atoms with Crippen molar-refractivity contribution in [1.29, 1.82) is 0 Å². The van der Waals surface area contributed by atoms with Crippen LogP contribution >= 0.6 is 8.25 Å². The molecule has 6 heteroatoms. The second-order valence-corrected chi connectivity index (χ2v) is 2.96. The Morgan fingerprint density at radius 3 is 2.36 bits per heavy atom. The largest absolute Gasteiger partial charge is 0.558 e. The summed E-state index contributed by atoms with van der Waals surface area (Å²) >= 11 is 0. The molecule has 5 nitrogen and oxygen atoms in total. The molecule has 0 fully saturated rings. The first-order chi connectivity index (χ1) is 6.63. The van der Waals surface area contributed by atoms with Gasteiger partial charge in [0.15, 0.2) is 5.75 Å². The van der Waals surface area contributed by atoms with Crippen LogP contribution in [0.25, 0.3) is 0 Å². The first-order valence-electron chi connectivity index (χ1n) is 3.64. The van der Waals surface area contributed by atoms with Gasteiger partial charge in [-0.05, 0) is 28.8 Å². The fourth-order valence-electron chi connectivity index (χ4n) is 0.856. The van der Waals surface area contributed by atoms with E-state index in [0.29, 0.717) is 5.56 Å². The summed E-state index contributed by atoms with van der Waals surface area (Å²) < 4.78 is 19.0. The number of hydrogen-bond acceptors (Lipinski definition) is 5. The fourth-order valence-corrected chi connectivity index (χ4v) is 1.15. The van der Waals surface area contributed by atoms with Crippen molar-refractivity contribution in [3.8, 4) is 5.75 Å². The summed E-state index contributed by atoms with van der Waals surface area (Å²) in [5.74, 6) is -0.322. The van der Waals surface area contributed by atoms with E-state index in [0.717, 1.165) is 0 Å². The average Bonchev–Trinajstić information content (AvgIpc) is 2.17. The van der Waals surface area contributed by atoms with Crippen molar-refractivity contribution in [3.05, 3.63) is 29.8 Å². The lowest BCUT2D eigenvalue weighted by Gasteiger charge is -1.98. The van der Waals surface area contributed by atoms with E-state index in [-0.39, 0.29) is 5.75 Å². The summed E-state index contributed by atoms with van der Waals surface area (Å²) in [7, 11) is -1.66. The van der Waals surface area contributed by atoms with Gasteiger partial charge >= 0.3 is 14.2 Å². The molecule has 0 bridgehead atoms. The van der Waals surface area contributed by atoms with E-state index < -0.39 is 14.2 Å². The van der Waals surface area contributed by atoms with Gasteiger partial charge in [0.25, 0.3) is 0 Å². The Labute approximate surface area is 81.2 Å². The highest BCUT2D eigenvalue weighted by Crippen LogP contribution is 2.20. The van der Waals surface area contributed by atoms with Gasteiger partial charge in [-0.25, -0.2) is 4.79 Å². The van der Waals surface area contributed by atoms with Crippen LogP contribution < -0.4 is 9.42 Å². The van der Waals surface area contributed by atoms with Crippen LogP contribution in [0.15, 0.2) is 24.3 Å². The maximum Gasteiger partial charge on any atom is 0.539 e. The molecule has 1 unspecified atom stereocenters. The van der Waals surface area contributed by atoms with Crippen LogP contribution in [0.5, 0.6) is 5.75 Å². The summed E-state index contributed by atoms with van der Waals surface area (Å²) in [6, 6.07) is 5.58. The summed E-state index contributed by atoms with van der Waals surface area (Å²) in [5, 5.41) is 0. The van der Waals surface area contributed by atoms with Crippen LogP contribution in [0.2, 0.25) is 0 Å². The highest BCUT2D eigenvalue weighted by Gasteiger charge is 2.08. The number of ether oxygens (including phenoxy) is 1. The normalized spacial score (nSPS) is 10.6. The maximum atomic E-state index is 11.0. The number of esters is 1. The molecule has 0 radical (unpaired) electrons. The van der Waals surface area contributed by atoms with Crippen LogP contribution in [-0.4, -0.2) is 13.1 Å².